The fraction of sp³-hybridized carbons (Fsp3) is 0.455. The maximum Gasteiger partial charge on any atom is 1.00 e. The van der Waals surface area contributed by atoms with Crippen molar-refractivity contribution in [2.75, 3.05) is 6.54 Å². The first-order chi connectivity index (χ1) is 9.56. The summed E-state index contributed by atoms with van der Waals surface area (Å²) in [5.74, 6) is -2.87. The molecule has 0 aromatic rings. The van der Waals surface area contributed by atoms with E-state index >= 15 is 0 Å². The Balaban J connectivity index is -0.000000150. The van der Waals surface area contributed by atoms with Gasteiger partial charge in [-0.1, -0.05) is 6.08 Å². The fourth-order valence-electron chi connectivity index (χ4n) is 0.586. The average molecular weight is 329 g/mol. The number of carbonyl (C=O) groups is 4. The van der Waals surface area contributed by atoms with Crippen LogP contribution in [0, 0.1) is 0 Å². The van der Waals surface area contributed by atoms with Crippen molar-refractivity contribution < 1.29 is 67.8 Å². The van der Waals surface area contributed by atoms with Crippen LogP contribution in [0.2, 0.25) is 0 Å². The molecule has 0 aliphatic heterocycles. The van der Waals surface area contributed by atoms with Gasteiger partial charge in [-0.3, -0.25) is 19.2 Å². The summed E-state index contributed by atoms with van der Waals surface area (Å²) in [4.78, 5) is 40.3. The molecule has 0 aliphatic carbocycles. The SMILES string of the molecule is C=CCN.CC(=O)O.CC(=O)O[BH-](OC(C)=O)OC(C)=O.[Na+]. The Hall–Kier alpha value is -1.36. The monoisotopic (exact) mass is 329 g/mol. The van der Waals surface area contributed by atoms with E-state index in [2.05, 4.69) is 20.5 Å². The quantitative estimate of drug-likeness (QED) is 0.399. The van der Waals surface area contributed by atoms with Crippen LogP contribution in [-0.2, 0) is 33.1 Å². The Kier molecular flexibility index (Phi) is 25.7. The number of carbonyl (C=O) groups excluding carboxylic acids is 3. The molecule has 0 saturated heterocycles. The van der Waals surface area contributed by atoms with Gasteiger partial charge in [-0.05, 0) is 0 Å². The molecule has 22 heavy (non-hydrogen) atoms. The van der Waals surface area contributed by atoms with Gasteiger partial charge in [0.25, 0.3) is 23.9 Å². The smallest absolute Gasteiger partial charge is 0.625 e. The minimum atomic E-state index is -2.41. The van der Waals surface area contributed by atoms with Crippen LogP contribution >= 0.6 is 0 Å². The molecular weight excluding hydrogens is 308 g/mol. The van der Waals surface area contributed by atoms with Crippen molar-refractivity contribution in [1.82, 2.24) is 0 Å². The van der Waals surface area contributed by atoms with E-state index in [9.17, 15) is 14.4 Å². The molecule has 0 heterocycles. The molecular formula is C11H21BNNaO8. The molecule has 122 valence electrons. The summed E-state index contributed by atoms with van der Waals surface area (Å²) in [6, 6.07) is 0. The van der Waals surface area contributed by atoms with Gasteiger partial charge in [0.2, 0.25) is 0 Å². The zero-order chi connectivity index (χ0) is 17.4. The minimum absolute atomic E-state index is 0. The molecule has 0 amide bonds. The maximum atomic E-state index is 10.4. The molecule has 0 aromatic heterocycles. The van der Waals surface area contributed by atoms with Crippen molar-refractivity contribution in [1.29, 1.82) is 0 Å². The summed E-state index contributed by atoms with van der Waals surface area (Å²) in [6.07, 6.45) is 1.65. The van der Waals surface area contributed by atoms with Crippen molar-refractivity contribution in [2.45, 2.75) is 27.7 Å². The Bertz CT molecular complexity index is 322. The Morgan fingerprint density at radius 2 is 1.18 bits per heavy atom. The fourth-order valence-corrected chi connectivity index (χ4v) is 0.586. The molecule has 0 radical (unpaired) electrons. The van der Waals surface area contributed by atoms with E-state index in [0.717, 1.165) is 27.7 Å². The van der Waals surface area contributed by atoms with E-state index in [1.807, 2.05) is 0 Å². The zero-order valence-corrected chi connectivity index (χ0v) is 15.6. The summed E-state index contributed by atoms with van der Waals surface area (Å²) in [7, 11) is -2.41. The van der Waals surface area contributed by atoms with Gasteiger partial charge >= 0.3 is 36.9 Å². The van der Waals surface area contributed by atoms with Gasteiger partial charge in [0.1, 0.15) is 0 Å². The molecule has 0 fully saturated rings. The topological polar surface area (TPSA) is 142 Å². The molecule has 0 rings (SSSR count). The number of carboxylic acids is 1. The number of rotatable bonds is 4. The van der Waals surface area contributed by atoms with Gasteiger partial charge in [-0.2, -0.15) is 0 Å². The molecule has 0 bridgehead atoms. The van der Waals surface area contributed by atoms with Crippen LogP contribution in [0.1, 0.15) is 27.7 Å². The van der Waals surface area contributed by atoms with Crippen LogP contribution in [0.3, 0.4) is 0 Å². The first-order valence-electron chi connectivity index (χ1n) is 5.74. The van der Waals surface area contributed by atoms with Crippen LogP contribution in [-0.4, -0.2) is 42.8 Å². The average Bonchev–Trinajstić information content (AvgIpc) is 2.25. The summed E-state index contributed by atoms with van der Waals surface area (Å²) in [5, 5.41) is 7.42. The third kappa shape index (κ3) is 42.8. The second-order valence-corrected chi connectivity index (χ2v) is 3.30. The molecule has 0 spiro atoms. The van der Waals surface area contributed by atoms with Gasteiger partial charge in [0, 0.05) is 34.2 Å². The number of aliphatic carboxylic acids is 1. The summed E-state index contributed by atoms with van der Waals surface area (Å²) < 4.78 is 13.3. The third-order valence-electron chi connectivity index (χ3n) is 1.13. The molecule has 0 aromatic carbocycles. The second kappa shape index (κ2) is 19.6. The first-order valence-corrected chi connectivity index (χ1v) is 5.74. The van der Waals surface area contributed by atoms with Crippen LogP contribution in [0.15, 0.2) is 12.7 Å². The molecule has 0 saturated carbocycles. The van der Waals surface area contributed by atoms with Crippen LogP contribution < -0.4 is 35.3 Å². The van der Waals surface area contributed by atoms with Gasteiger partial charge in [-0.15, -0.1) is 6.58 Å². The van der Waals surface area contributed by atoms with Crippen LogP contribution in [0.4, 0.5) is 0 Å². The van der Waals surface area contributed by atoms with E-state index in [-0.39, 0.29) is 29.6 Å². The molecule has 9 nitrogen and oxygen atoms in total. The molecule has 11 heteroatoms. The van der Waals surface area contributed by atoms with Crippen molar-refractivity contribution in [3.63, 3.8) is 0 Å². The normalized spacial score (nSPS) is 7.73. The Morgan fingerprint density at radius 3 is 1.27 bits per heavy atom. The predicted molar refractivity (Wildman–Crippen MR) is 75.0 cm³/mol. The van der Waals surface area contributed by atoms with E-state index < -0.39 is 31.2 Å². The van der Waals surface area contributed by atoms with Gasteiger partial charge in [0.15, 0.2) is 0 Å². The van der Waals surface area contributed by atoms with Crippen molar-refractivity contribution >= 4 is 31.2 Å². The first kappa shape index (κ1) is 28.8. The van der Waals surface area contributed by atoms with E-state index in [1.165, 1.54) is 0 Å². The van der Waals surface area contributed by atoms with Crippen molar-refractivity contribution in [2.24, 2.45) is 5.73 Å². The number of nitrogens with two attached hydrogens (primary N) is 1. The van der Waals surface area contributed by atoms with Crippen molar-refractivity contribution in [3.05, 3.63) is 12.7 Å². The zero-order valence-electron chi connectivity index (χ0n) is 13.6. The van der Waals surface area contributed by atoms with Gasteiger partial charge in [0.05, 0.1) is 0 Å². The van der Waals surface area contributed by atoms with Gasteiger partial charge < -0.3 is 24.8 Å². The second-order valence-electron chi connectivity index (χ2n) is 3.30. The van der Waals surface area contributed by atoms with E-state index in [4.69, 9.17) is 15.6 Å². The van der Waals surface area contributed by atoms with E-state index in [0.29, 0.717) is 6.54 Å². The summed E-state index contributed by atoms with van der Waals surface area (Å²) in [6.45, 7) is 8.37. The summed E-state index contributed by atoms with van der Waals surface area (Å²) in [5.41, 5.74) is 4.91. The van der Waals surface area contributed by atoms with Crippen molar-refractivity contribution in [3.8, 4) is 0 Å². The third-order valence-corrected chi connectivity index (χ3v) is 1.13. The summed E-state index contributed by atoms with van der Waals surface area (Å²) >= 11 is 0. The number of hydrogen-bond donors (Lipinski definition) is 2. The minimum Gasteiger partial charge on any atom is -0.625 e. The molecule has 0 atom stereocenters. The number of carboxylic acid groups (broad SMARTS) is 1. The van der Waals surface area contributed by atoms with Crippen LogP contribution in [0.5, 0.6) is 0 Å². The molecule has 3 N–H and O–H groups in total. The Morgan fingerprint density at radius 1 is 1.00 bits per heavy atom. The maximum absolute atomic E-state index is 10.4. The predicted octanol–water partition coefficient (Wildman–Crippen LogP) is -3.38. The molecule has 0 aliphatic rings. The Labute approximate surface area is 151 Å². The number of hydrogen-bond acceptors (Lipinski definition) is 8. The molecule has 0 unspecified atom stereocenters. The van der Waals surface area contributed by atoms with E-state index in [1.54, 1.807) is 6.08 Å². The standard InChI is InChI=1S/C6H10BO6.C3H7N.C2H4O2.Na/c1-4(8)11-7(12-5(2)9)13-6(3)10;1-2-3-4;1-2(3)4;/h7H,1-3H3;2H,1,3-4H2;1H3,(H,3,4);/q-1;;;+1. The largest absolute Gasteiger partial charge is 1.00 e. The van der Waals surface area contributed by atoms with Crippen LogP contribution in [0.25, 0.3) is 0 Å². The van der Waals surface area contributed by atoms with Gasteiger partial charge in [-0.25, -0.2) is 0 Å².